The van der Waals surface area contributed by atoms with Crippen molar-refractivity contribution >= 4 is 51.4 Å². The van der Waals surface area contributed by atoms with Gasteiger partial charge in [-0.2, -0.15) is 4.57 Å². The quantitative estimate of drug-likeness (QED) is 0.389. The predicted molar refractivity (Wildman–Crippen MR) is 99.8 cm³/mol. The molecule has 2 aromatic heterocycles. The number of hydrogen-bond acceptors (Lipinski definition) is 4. The number of nitrogens with zero attached hydrogens (tertiary/aromatic N) is 1. The lowest BCUT2D eigenvalue weighted by atomic mass is 10.1. The van der Waals surface area contributed by atoms with Crippen LogP contribution in [-0.2, 0) is 0 Å². The second-order valence-electron chi connectivity index (χ2n) is 5.12. The molecule has 1 aromatic carbocycles. The molecule has 0 saturated carbocycles. The largest absolute Gasteiger partial charge is 0.392 e. The first-order chi connectivity index (χ1) is 11.0. The zero-order chi connectivity index (χ0) is 16.6. The van der Waals surface area contributed by atoms with Crippen LogP contribution in [0, 0.1) is 6.92 Å². The maximum atomic E-state index is 12.7. The lowest BCUT2D eigenvalue weighted by Gasteiger charge is -2.00. The smallest absolute Gasteiger partial charge is 0.258 e. The van der Waals surface area contributed by atoms with Crippen LogP contribution in [0.3, 0.4) is 0 Å². The number of hydrogen-bond donors (Lipinski definition) is 2. The van der Waals surface area contributed by atoms with Gasteiger partial charge in [-0.25, -0.2) is 0 Å². The van der Waals surface area contributed by atoms with Crippen LogP contribution in [0.15, 0.2) is 57.5 Å². The lowest BCUT2D eigenvalue weighted by Crippen LogP contribution is -2.31. The van der Waals surface area contributed by atoms with Crippen molar-refractivity contribution in [2.45, 2.75) is 11.1 Å². The second-order valence-corrected chi connectivity index (χ2v) is 7.81. The van der Waals surface area contributed by atoms with Gasteiger partial charge >= 0.3 is 0 Å². The summed E-state index contributed by atoms with van der Waals surface area (Å²) in [4.78, 5) is 13.2. The fourth-order valence-corrected chi connectivity index (χ4v) is 4.00. The summed E-state index contributed by atoms with van der Waals surface area (Å²) in [5.74, 6) is -0.0881. The maximum Gasteiger partial charge on any atom is 0.258 e. The number of thiol groups is 1. The van der Waals surface area contributed by atoms with Gasteiger partial charge in [-0.15, -0.1) is 24.0 Å². The van der Waals surface area contributed by atoms with E-state index in [4.69, 9.17) is 5.73 Å². The van der Waals surface area contributed by atoms with Gasteiger partial charge in [0.25, 0.3) is 5.69 Å². The van der Waals surface area contributed by atoms with Crippen molar-refractivity contribution in [3.05, 3.63) is 69.3 Å². The highest BCUT2D eigenvalue weighted by Crippen LogP contribution is 2.35. The van der Waals surface area contributed by atoms with Crippen LogP contribution in [0.1, 0.15) is 20.8 Å². The van der Waals surface area contributed by atoms with E-state index in [2.05, 4.69) is 28.6 Å². The molecule has 0 aliphatic carbocycles. The molecule has 0 bridgehead atoms. The molecule has 6 heteroatoms. The Morgan fingerprint density at radius 1 is 1.26 bits per heavy atom. The maximum absolute atomic E-state index is 12.7. The van der Waals surface area contributed by atoms with Crippen LogP contribution < -0.4 is 10.3 Å². The van der Waals surface area contributed by atoms with Gasteiger partial charge in [0, 0.05) is 21.7 Å². The van der Waals surface area contributed by atoms with Gasteiger partial charge in [-0.05, 0) is 37.3 Å². The standard InChI is InChI=1S/C17H13BrN2OS2/c1-10-3-2-8-20(9-10)14-13(19)16(23-17(14)22)15(21)11-4-6-12(18)7-5-11/h2-9H,1H3,(H2-,19,21,22)/p+1. The van der Waals surface area contributed by atoms with Crippen molar-refractivity contribution in [1.29, 1.82) is 0 Å². The fraction of sp³-hybridized carbons (Fsp3) is 0.0588. The van der Waals surface area contributed by atoms with Gasteiger partial charge in [-0.1, -0.05) is 15.9 Å². The van der Waals surface area contributed by atoms with Crippen LogP contribution in [0.2, 0.25) is 0 Å². The number of halogens is 1. The first-order valence-corrected chi connectivity index (χ1v) is 8.93. The van der Waals surface area contributed by atoms with E-state index in [0.717, 1.165) is 19.9 Å². The summed E-state index contributed by atoms with van der Waals surface area (Å²) in [6, 6.07) is 11.2. The summed E-state index contributed by atoms with van der Waals surface area (Å²) in [5.41, 5.74) is 9.19. The predicted octanol–water partition coefficient (Wildman–Crippen LogP) is 4.20. The molecule has 0 unspecified atom stereocenters. The molecule has 0 aliphatic rings. The van der Waals surface area contributed by atoms with Gasteiger partial charge in [0.15, 0.2) is 12.4 Å². The normalized spacial score (nSPS) is 10.7. The van der Waals surface area contributed by atoms with Crippen molar-refractivity contribution in [2.24, 2.45) is 0 Å². The molecule has 0 saturated heterocycles. The molecule has 0 fully saturated rings. The Bertz CT molecular complexity index is 888. The first-order valence-electron chi connectivity index (χ1n) is 6.87. The molecule has 2 N–H and O–H groups in total. The summed E-state index contributed by atoms with van der Waals surface area (Å²) >= 11 is 9.19. The Morgan fingerprint density at radius 3 is 2.61 bits per heavy atom. The SMILES string of the molecule is Cc1ccc[n+](-c2c(S)sc(C(=O)c3ccc(Br)cc3)c2N)c1. The molecule has 3 aromatic rings. The molecule has 2 heterocycles. The highest BCUT2D eigenvalue weighted by molar-refractivity contribution is 9.10. The van der Waals surface area contributed by atoms with Crippen molar-refractivity contribution in [2.75, 3.05) is 5.73 Å². The molecule has 0 atom stereocenters. The molecule has 0 radical (unpaired) electrons. The zero-order valence-electron chi connectivity index (χ0n) is 12.3. The highest BCUT2D eigenvalue weighted by atomic mass is 79.9. The number of nitrogens with two attached hydrogens (primary N) is 1. The number of ketones is 1. The minimum absolute atomic E-state index is 0.0881. The molecule has 0 spiro atoms. The Labute approximate surface area is 152 Å². The second kappa shape index (κ2) is 6.47. The first kappa shape index (κ1) is 16.2. The van der Waals surface area contributed by atoms with E-state index in [9.17, 15) is 4.79 Å². The third kappa shape index (κ3) is 3.20. The average Bonchev–Trinajstić information content (AvgIpc) is 2.82. The van der Waals surface area contributed by atoms with Crippen LogP contribution in [-0.4, -0.2) is 5.78 Å². The van der Waals surface area contributed by atoms with Gasteiger partial charge in [-0.3, -0.25) is 4.79 Å². The van der Waals surface area contributed by atoms with Crippen LogP contribution >= 0.6 is 39.9 Å². The molecule has 0 amide bonds. The fourth-order valence-electron chi connectivity index (χ4n) is 2.31. The number of nitrogen functional groups attached to an aromatic ring is 1. The van der Waals surface area contributed by atoms with Gasteiger partial charge in [0.1, 0.15) is 14.8 Å². The minimum Gasteiger partial charge on any atom is -0.392 e. The molecular weight excluding hydrogens is 392 g/mol. The monoisotopic (exact) mass is 405 g/mol. The molecule has 116 valence electrons. The molecular formula is C17H14BrN2OS2+. The lowest BCUT2D eigenvalue weighted by molar-refractivity contribution is -0.597. The van der Waals surface area contributed by atoms with Crippen LogP contribution in [0.5, 0.6) is 0 Å². The Kier molecular flexibility index (Phi) is 4.57. The number of carbonyl (C=O) groups is 1. The number of aromatic nitrogens is 1. The van der Waals surface area contributed by atoms with E-state index in [1.165, 1.54) is 11.3 Å². The Morgan fingerprint density at radius 2 is 1.96 bits per heavy atom. The Hall–Kier alpha value is -1.63. The van der Waals surface area contributed by atoms with Crippen molar-refractivity contribution < 1.29 is 9.36 Å². The third-order valence-corrected chi connectivity index (χ3v) is 5.43. The average molecular weight is 406 g/mol. The van der Waals surface area contributed by atoms with Gasteiger partial charge in [0.2, 0.25) is 5.78 Å². The summed E-state index contributed by atoms with van der Waals surface area (Å²) < 4.78 is 3.56. The van der Waals surface area contributed by atoms with Crippen molar-refractivity contribution in [1.82, 2.24) is 0 Å². The van der Waals surface area contributed by atoms with Crippen molar-refractivity contribution in [3.63, 3.8) is 0 Å². The topological polar surface area (TPSA) is 47.0 Å². The number of carbonyl (C=O) groups excluding carboxylic acids is 1. The highest BCUT2D eigenvalue weighted by Gasteiger charge is 2.26. The number of thiophene rings is 1. The molecule has 3 rings (SSSR count). The summed E-state index contributed by atoms with van der Waals surface area (Å²) in [6.07, 6.45) is 3.87. The zero-order valence-corrected chi connectivity index (χ0v) is 15.6. The van der Waals surface area contributed by atoms with E-state index < -0.39 is 0 Å². The van der Waals surface area contributed by atoms with E-state index >= 15 is 0 Å². The van der Waals surface area contributed by atoms with Crippen molar-refractivity contribution in [3.8, 4) is 5.69 Å². The van der Waals surface area contributed by atoms with Crippen LogP contribution in [0.4, 0.5) is 5.69 Å². The number of benzene rings is 1. The number of pyridine rings is 1. The Balaban J connectivity index is 2.07. The minimum atomic E-state index is -0.0881. The number of aryl methyl sites for hydroxylation is 1. The van der Waals surface area contributed by atoms with E-state index in [1.807, 2.05) is 48.1 Å². The number of anilines is 1. The molecule has 3 nitrogen and oxygen atoms in total. The summed E-state index contributed by atoms with van der Waals surface area (Å²) in [6.45, 7) is 2.01. The van der Waals surface area contributed by atoms with E-state index in [1.54, 1.807) is 12.1 Å². The molecule has 0 aliphatic heterocycles. The summed E-state index contributed by atoms with van der Waals surface area (Å²) in [7, 11) is 0. The van der Waals surface area contributed by atoms with Crippen LogP contribution in [0.25, 0.3) is 5.69 Å². The van der Waals surface area contributed by atoms with Gasteiger partial charge in [0.05, 0.1) is 0 Å². The van der Waals surface area contributed by atoms with E-state index in [-0.39, 0.29) is 5.78 Å². The molecule has 23 heavy (non-hydrogen) atoms. The van der Waals surface area contributed by atoms with Gasteiger partial charge < -0.3 is 5.73 Å². The third-order valence-electron chi connectivity index (χ3n) is 3.42. The summed E-state index contributed by atoms with van der Waals surface area (Å²) in [5, 5.41) is 0. The number of rotatable bonds is 3. The van der Waals surface area contributed by atoms with E-state index in [0.29, 0.717) is 16.1 Å².